The first-order chi connectivity index (χ1) is 9.99. The molecule has 0 saturated heterocycles. The lowest BCUT2D eigenvalue weighted by Gasteiger charge is -2.13. The molecule has 0 spiro atoms. The Morgan fingerprint density at radius 2 is 1.81 bits per heavy atom. The number of halogens is 1. The summed E-state index contributed by atoms with van der Waals surface area (Å²) in [7, 11) is 0. The molecule has 2 rings (SSSR count). The van der Waals surface area contributed by atoms with E-state index in [1.807, 2.05) is 0 Å². The molecule has 21 heavy (non-hydrogen) atoms. The molecule has 0 aromatic heterocycles. The molecule has 108 valence electrons. The lowest BCUT2D eigenvalue weighted by Crippen LogP contribution is -2.28. The van der Waals surface area contributed by atoms with Crippen molar-refractivity contribution in [2.24, 2.45) is 5.73 Å². The second-order valence-electron chi connectivity index (χ2n) is 4.38. The number of aromatic carboxylic acids is 1. The highest BCUT2D eigenvalue weighted by atomic mass is 19.1. The van der Waals surface area contributed by atoms with E-state index >= 15 is 0 Å². The minimum Gasteiger partial charge on any atom is -0.478 e. The first-order valence-corrected chi connectivity index (χ1v) is 6.13. The van der Waals surface area contributed by atoms with E-state index in [1.54, 1.807) is 30.3 Å². The molecule has 4 N–H and O–H groups in total. The van der Waals surface area contributed by atoms with Crippen molar-refractivity contribution < 1.29 is 19.1 Å². The van der Waals surface area contributed by atoms with E-state index in [-0.39, 0.29) is 11.3 Å². The zero-order valence-corrected chi connectivity index (χ0v) is 10.9. The Labute approximate surface area is 120 Å². The average Bonchev–Trinajstić information content (AvgIpc) is 2.49. The summed E-state index contributed by atoms with van der Waals surface area (Å²) < 4.78 is 13.6. The molecule has 6 heteroatoms. The van der Waals surface area contributed by atoms with E-state index < -0.39 is 23.7 Å². The lowest BCUT2D eigenvalue weighted by molar-refractivity contribution is -0.117. The highest BCUT2D eigenvalue weighted by Crippen LogP contribution is 2.18. The first kappa shape index (κ1) is 14.7. The fourth-order valence-corrected chi connectivity index (χ4v) is 1.78. The summed E-state index contributed by atoms with van der Waals surface area (Å²) in [5.74, 6) is -2.56. The van der Waals surface area contributed by atoms with Crippen LogP contribution in [0.25, 0.3) is 0 Å². The molecule has 1 atom stereocenters. The number of carboxylic acid groups (broad SMARTS) is 1. The maximum Gasteiger partial charge on any atom is 0.335 e. The molecule has 1 unspecified atom stereocenters. The Hall–Kier alpha value is -2.73. The van der Waals surface area contributed by atoms with E-state index in [1.165, 1.54) is 0 Å². The van der Waals surface area contributed by atoms with E-state index in [2.05, 4.69) is 5.32 Å². The Kier molecular flexibility index (Phi) is 4.30. The summed E-state index contributed by atoms with van der Waals surface area (Å²) in [5.41, 5.74) is 6.02. The minimum absolute atomic E-state index is 0.125. The van der Waals surface area contributed by atoms with Gasteiger partial charge in [-0.2, -0.15) is 0 Å². The zero-order chi connectivity index (χ0) is 15.4. The normalized spacial score (nSPS) is 11.7. The molecule has 2 aromatic carbocycles. The summed E-state index contributed by atoms with van der Waals surface area (Å²) in [6, 6.07) is 10.8. The van der Waals surface area contributed by atoms with Crippen LogP contribution < -0.4 is 11.1 Å². The van der Waals surface area contributed by atoms with Crippen molar-refractivity contribution in [2.75, 3.05) is 5.32 Å². The molecule has 2 aromatic rings. The SMILES string of the molecule is NC(C(=O)Nc1cc(C(=O)O)ccc1F)c1ccccc1. The van der Waals surface area contributed by atoms with Crippen molar-refractivity contribution in [2.45, 2.75) is 6.04 Å². The molecule has 1 amide bonds. The fraction of sp³-hybridized carbons (Fsp3) is 0.0667. The number of carboxylic acids is 1. The third kappa shape index (κ3) is 3.43. The van der Waals surface area contributed by atoms with E-state index in [0.717, 1.165) is 18.2 Å². The van der Waals surface area contributed by atoms with Gasteiger partial charge in [0.2, 0.25) is 5.91 Å². The number of hydrogen-bond acceptors (Lipinski definition) is 3. The molecule has 0 aliphatic heterocycles. The molecular formula is C15H13FN2O3. The third-order valence-corrected chi connectivity index (χ3v) is 2.91. The van der Waals surface area contributed by atoms with Crippen molar-refractivity contribution >= 4 is 17.6 Å². The Morgan fingerprint density at radius 3 is 2.43 bits per heavy atom. The van der Waals surface area contributed by atoms with Gasteiger partial charge in [0.05, 0.1) is 11.3 Å². The molecule has 0 bridgehead atoms. The van der Waals surface area contributed by atoms with Gasteiger partial charge in [0.25, 0.3) is 0 Å². The van der Waals surface area contributed by atoms with Crippen LogP contribution >= 0.6 is 0 Å². The van der Waals surface area contributed by atoms with Gasteiger partial charge >= 0.3 is 5.97 Å². The van der Waals surface area contributed by atoms with Crippen LogP contribution in [0.3, 0.4) is 0 Å². The third-order valence-electron chi connectivity index (χ3n) is 2.91. The van der Waals surface area contributed by atoms with Gasteiger partial charge in [-0.1, -0.05) is 30.3 Å². The predicted octanol–water partition coefficient (Wildman–Crippen LogP) is 2.16. The second kappa shape index (κ2) is 6.15. The van der Waals surface area contributed by atoms with Crippen molar-refractivity contribution in [3.8, 4) is 0 Å². The summed E-state index contributed by atoms with van der Waals surface area (Å²) in [5, 5.41) is 11.2. The number of anilines is 1. The number of rotatable bonds is 4. The van der Waals surface area contributed by atoms with Crippen LogP contribution in [0.4, 0.5) is 10.1 Å². The molecule has 0 aliphatic carbocycles. The van der Waals surface area contributed by atoms with Gasteiger partial charge in [-0.15, -0.1) is 0 Å². The predicted molar refractivity (Wildman–Crippen MR) is 75.4 cm³/mol. The zero-order valence-electron chi connectivity index (χ0n) is 10.9. The number of carbonyl (C=O) groups excluding carboxylic acids is 1. The summed E-state index contributed by atoms with van der Waals surface area (Å²) in [6.45, 7) is 0. The number of carbonyl (C=O) groups is 2. The number of hydrogen-bond donors (Lipinski definition) is 3. The molecule has 0 aliphatic rings. The molecule has 0 heterocycles. The molecule has 0 radical (unpaired) electrons. The molecular weight excluding hydrogens is 275 g/mol. The summed E-state index contributed by atoms with van der Waals surface area (Å²) in [4.78, 5) is 22.8. The smallest absolute Gasteiger partial charge is 0.335 e. The molecule has 0 fully saturated rings. The highest BCUT2D eigenvalue weighted by Gasteiger charge is 2.18. The minimum atomic E-state index is -1.21. The van der Waals surface area contributed by atoms with Crippen LogP contribution in [0, 0.1) is 5.82 Å². The van der Waals surface area contributed by atoms with Gasteiger partial charge in [-0.3, -0.25) is 4.79 Å². The van der Waals surface area contributed by atoms with Crippen LogP contribution in [0.2, 0.25) is 0 Å². The number of nitrogens with two attached hydrogens (primary N) is 1. The van der Waals surface area contributed by atoms with Crippen LogP contribution in [0.15, 0.2) is 48.5 Å². The Bertz CT molecular complexity index is 674. The highest BCUT2D eigenvalue weighted by molar-refractivity contribution is 5.97. The summed E-state index contributed by atoms with van der Waals surface area (Å²) in [6.07, 6.45) is 0. The van der Waals surface area contributed by atoms with Gasteiger partial charge in [0, 0.05) is 0 Å². The van der Waals surface area contributed by atoms with Crippen LogP contribution in [-0.4, -0.2) is 17.0 Å². The second-order valence-corrected chi connectivity index (χ2v) is 4.38. The average molecular weight is 288 g/mol. The van der Waals surface area contributed by atoms with Gasteiger partial charge in [0.15, 0.2) is 0 Å². The van der Waals surface area contributed by atoms with Crippen LogP contribution in [0.5, 0.6) is 0 Å². The number of nitrogens with one attached hydrogen (secondary N) is 1. The van der Waals surface area contributed by atoms with Gasteiger partial charge < -0.3 is 16.2 Å². The quantitative estimate of drug-likeness (QED) is 0.803. The first-order valence-electron chi connectivity index (χ1n) is 6.13. The number of benzene rings is 2. The Balaban J connectivity index is 2.20. The van der Waals surface area contributed by atoms with E-state index in [4.69, 9.17) is 10.8 Å². The number of amides is 1. The van der Waals surface area contributed by atoms with E-state index in [9.17, 15) is 14.0 Å². The van der Waals surface area contributed by atoms with Crippen LogP contribution in [0.1, 0.15) is 22.0 Å². The van der Waals surface area contributed by atoms with Crippen molar-refractivity contribution in [3.05, 3.63) is 65.5 Å². The van der Waals surface area contributed by atoms with E-state index in [0.29, 0.717) is 5.56 Å². The maximum absolute atomic E-state index is 13.6. The molecule has 0 saturated carbocycles. The van der Waals surface area contributed by atoms with Crippen molar-refractivity contribution in [3.63, 3.8) is 0 Å². The van der Waals surface area contributed by atoms with Gasteiger partial charge in [0.1, 0.15) is 11.9 Å². The van der Waals surface area contributed by atoms with Crippen LogP contribution in [-0.2, 0) is 4.79 Å². The summed E-state index contributed by atoms with van der Waals surface area (Å²) >= 11 is 0. The topological polar surface area (TPSA) is 92.4 Å². The standard InChI is InChI=1S/C15H13FN2O3/c16-11-7-6-10(15(20)21)8-12(11)18-14(19)13(17)9-4-2-1-3-5-9/h1-8,13H,17H2,(H,18,19)(H,20,21). The maximum atomic E-state index is 13.6. The van der Waals surface area contributed by atoms with Crippen molar-refractivity contribution in [1.29, 1.82) is 0 Å². The largest absolute Gasteiger partial charge is 0.478 e. The van der Waals surface area contributed by atoms with Gasteiger partial charge in [-0.05, 0) is 23.8 Å². The van der Waals surface area contributed by atoms with Crippen molar-refractivity contribution in [1.82, 2.24) is 0 Å². The lowest BCUT2D eigenvalue weighted by atomic mass is 10.1. The monoisotopic (exact) mass is 288 g/mol. The molecule has 5 nitrogen and oxygen atoms in total. The fourth-order valence-electron chi connectivity index (χ4n) is 1.78. The Morgan fingerprint density at radius 1 is 1.14 bits per heavy atom. The van der Waals surface area contributed by atoms with Gasteiger partial charge in [-0.25, -0.2) is 9.18 Å².